The maximum atomic E-state index is 13.4. The fourth-order valence-electron chi connectivity index (χ4n) is 4.70. The fourth-order valence-corrected chi connectivity index (χ4v) is 6.05. The minimum absolute atomic E-state index is 0.0283. The van der Waals surface area contributed by atoms with Gasteiger partial charge < -0.3 is 21.3 Å². The molecule has 0 saturated carbocycles. The van der Waals surface area contributed by atoms with E-state index in [1.807, 2.05) is 19.1 Å². The Morgan fingerprint density at radius 2 is 1.48 bits per heavy atom. The number of amides is 4. The van der Waals surface area contributed by atoms with Crippen LogP contribution in [0.4, 0.5) is 0 Å². The lowest BCUT2D eigenvalue weighted by molar-refractivity contribution is -0.125. The highest BCUT2D eigenvalue weighted by molar-refractivity contribution is 7.90. The first kappa shape index (κ1) is 38.1. The van der Waals surface area contributed by atoms with Gasteiger partial charge in [0.1, 0.15) is 0 Å². The number of carbonyl (C=O) groups is 5. The molecule has 13 nitrogen and oxygen atoms in total. The van der Waals surface area contributed by atoms with Gasteiger partial charge in [-0.3, -0.25) is 33.3 Å². The third-order valence-corrected chi connectivity index (χ3v) is 9.04. The molecule has 2 aromatic carbocycles. The normalized spacial score (nSPS) is 11.1. The Morgan fingerprint density at radius 1 is 0.833 bits per heavy atom. The number of unbranched alkanes of at least 4 members (excludes halogenated alkanes) is 1. The highest BCUT2D eigenvalue weighted by atomic mass is 35.5. The van der Waals surface area contributed by atoms with Crippen LogP contribution in [0.3, 0.4) is 0 Å². The number of halogens is 1. The maximum absolute atomic E-state index is 13.4. The van der Waals surface area contributed by atoms with Gasteiger partial charge in [-0.1, -0.05) is 29.8 Å². The Balaban J connectivity index is 1.45. The van der Waals surface area contributed by atoms with Crippen LogP contribution >= 0.6 is 24.2 Å². The van der Waals surface area contributed by atoms with Crippen molar-refractivity contribution in [3.63, 3.8) is 0 Å². The summed E-state index contributed by atoms with van der Waals surface area (Å²) in [5.41, 5.74) is 3.39. The molecule has 48 heavy (non-hydrogen) atoms. The van der Waals surface area contributed by atoms with Crippen LogP contribution in [0.5, 0.6) is 0 Å². The van der Waals surface area contributed by atoms with E-state index in [4.69, 9.17) is 11.6 Å². The summed E-state index contributed by atoms with van der Waals surface area (Å²) in [7, 11) is -3.97. The quantitative estimate of drug-likeness (QED) is 0.0901. The molecule has 0 aliphatic rings. The number of carbonyl (C=O) groups excluding carboxylic acids is 5. The van der Waals surface area contributed by atoms with E-state index in [0.717, 1.165) is 5.56 Å². The van der Waals surface area contributed by atoms with Crippen molar-refractivity contribution in [2.45, 2.75) is 33.1 Å². The summed E-state index contributed by atoms with van der Waals surface area (Å²) >= 11 is 9.82. The topological polar surface area (TPSA) is 185 Å². The van der Waals surface area contributed by atoms with E-state index in [9.17, 15) is 32.4 Å². The minimum Gasteiger partial charge on any atom is -0.379 e. The molecular weight excluding hydrogens is 680 g/mol. The second kappa shape index (κ2) is 17.7. The predicted molar refractivity (Wildman–Crippen MR) is 187 cm³/mol. The van der Waals surface area contributed by atoms with Crippen molar-refractivity contribution in [3.05, 3.63) is 82.1 Å². The van der Waals surface area contributed by atoms with Crippen LogP contribution in [0.2, 0.25) is 5.02 Å². The lowest BCUT2D eigenvalue weighted by Gasteiger charge is -2.11. The van der Waals surface area contributed by atoms with E-state index in [1.54, 1.807) is 37.3 Å². The van der Waals surface area contributed by atoms with Gasteiger partial charge in [0.2, 0.25) is 33.7 Å². The molecule has 258 valence electrons. The zero-order valence-corrected chi connectivity index (χ0v) is 29.1. The van der Waals surface area contributed by atoms with Crippen molar-refractivity contribution in [1.29, 1.82) is 0 Å². The largest absolute Gasteiger partial charge is 0.379 e. The van der Waals surface area contributed by atoms with Crippen molar-refractivity contribution >= 4 is 74.7 Å². The summed E-state index contributed by atoms with van der Waals surface area (Å²) in [5, 5.41) is 11.5. The van der Waals surface area contributed by atoms with E-state index in [0.29, 0.717) is 44.9 Å². The number of fused-ring (bicyclic) bond motifs is 1. The number of sulfonamides is 1. The van der Waals surface area contributed by atoms with Crippen LogP contribution in [0.25, 0.3) is 10.9 Å². The van der Waals surface area contributed by atoms with Gasteiger partial charge in [0.15, 0.2) is 0 Å². The Labute approximate surface area is 289 Å². The molecule has 0 aliphatic carbocycles. The van der Waals surface area contributed by atoms with Crippen LogP contribution in [-0.4, -0.2) is 80.2 Å². The molecule has 0 bridgehead atoms. The Morgan fingerprint density at radius 3 is 2.17 bits per heavy atom. The molecular formula is C32H39ClN6O7S2. The Hall–Kier alpha value is -4.34. The van der Waals surface area contributed by atoms with Gasteiger partial charge in [0.05, 0.1) is 43.1 Å². The first-order valence-electron chi connectivity index (χ1n) is 15.0. The number of hydrogen-bond donors (Lipinski definition) is 6. The zero-order chi connectivity index (χ0) is 35.4. The molecule has 0 aliphatic heterocycles. The van der Waals surface area contributed by atoms with Crippen molar-refractivity contribution in [2.24, 2.45) is 0 Å². The summed E-state index contributed by atoms with van der Waals surface area (Å²) in [6.07, 6.45) is 0.217. The van der Waals surface area contributed by atoms with Gasteiger partial charge in [0.25, 0.3) is 5.91 Å². The van der Waals surface area contributed by atoms with Crippen LogP contribution in [-0.2, 0) is 35.6 Å². The molecule has 1 heterocycles. The highest BCUT2D eigenvalue weighted by Crippen LogP contribution is 2.29. The van der Waals surface area contributed by atoms with E-state index in [-0.39, 0.29) is 62.3 Å². The highest BCUT2D eigenvalue weighted by Gasteiger charge is 2.23. The minimum atomic E-state index is -3.97. The predicted octanol–water partition coefficient (Wildman–Crippen LogP) is 1.75. The van der Waals surface area contributed by atoms with Gasteiger partial charge in [-0.15, -0.1) is 0 Å². The summed E-state index contributed by atoms with van der Waals surface area (Å²) in [6.45, 7) is 7.15. The molecule has 0 fully saturated rings. The third-order valence-electron chi connectivity index (χ3n) is 7.14. The molecule has 4 amide bonds. The Bertz CT molecular complexity index is 1810. The van der Waals surface area contributed by atoms with Crippen molar-refractivity contribution in [2.75, 3.05) is 37.7 Å². The van der Waals surface area contributed by atoms with Crippen LogP contribution in [0, 0.1) is 13.8 Å². The van der Waals surface area contributed by atoms with Gasteiger partial charge in [0, 0.05) is 33.9 Å². The van der Waals surface area contributed by atoms with Gasteiger partial charge >= 0.3 is 0 Å². The first-order valence-corrected chi connectivity index (χ1v) is 17.6. The van der Waals surface area contributed by atoms with E-state index >= 15 is 0 Å². The standard InChI is InChI=1S/C32H39ClN6O7S2/c1-20-6-11-27-26(14-20)25(22(3)39(27)32(44)23-7-9-24(33)10-8-23)15-28(40)38-48(45,46)13-5-4-12-34-29(41)18-37-30(42)17-35-21(2)16-36-31(43)19-47/h6-11,14,35,47H,2,4-5,12-13,15-19H2,1,3H3,(H,34,41)(H,36,43)(H,37,42)(H,38,40). The molecule has 0 saturated heterocycles. The molecule has 5 N–H and O–H groups in total. The average molecular weight is 719 g/mol. The maximum Gasteiger partial charge on any atom is 0.262 e. The summed E-state index contributed by atoms with van der Waals surface area (Å²) in [6, 6.07) is 12.0. The second-order valence-electron chi connectivity index (χ2n) is 11.0. The van der Waals surface area contributed by atoms with E-state index < -0.39 is 27.7 Å². The van der Waals surface area contributed by atoms with Crippen LogP contribution in [0.1, 0.15) is 40.0 Å². The van der Waals surface area contributed by atoms with Crippen molar-refractivity contribution < 1.29 is 32.4 Å². The summed E-state index contributed by atoms with van der Waals surface area (Å²) in [4.78, 5) is 61.5. The van der Waals surface area contributed by atoms with E-state index in [1.165, 1.54) is 4.57 Å². The van der Waals surface area contributed by atoms with Gasteiger partial charge in [-0.25, -0.2) is 8.42 Å². The number of benzene rings is 2. The molecule has 3 aromatic rings. The van der Waals surface area contributed by atoms with Gasteiger partial charge in [-0.2, -0.15) is 12.6 Å². The first-order chi connectivity index (χ1) is 22.7. The number of thiol groups is 1. The van der Waals surface area contributed by atoms with E-state index in [2.05, 4.69) is 45.2 Å². The van der Waals surface area contributed by atoms with Crippen LogP contribution in [0.15, 0.2) is 54.7 Å². The second-order valence-corrected chi connectivity index (χ2v) is 13.6. The van der Waals surface area contributed by atoms with Crippen molar-refractivity contribution in [1.82, 2.24) is 30.6 Å². The molecule has 1 aromatic heterocycles. The summed E-state index contributed by atoms with van der Waals surface area (Å²) < 4.78 is 28.9. The number of hydrogen-bond acceptors (Lipinski definition) is 9. The smallest absolute Gasteiger partial charge is 0.262 e. The fraction of sp³-hybridized carbons (Fsp3) is 0.344. The van der Waals surface area contributed by atoms with Crippen LogP contribution < -0.4 is 26.0 Å². The molecule has 0 radical (unpaired) electrons. The molecule has 0 unspecified atom stereocenters. The molecule has 3 rings (SSSR count). The van der Waals surface area contributed by atoms with Gasteiger partial charge in [-0.05, 0) is 68.7 Å². The number of nitrogens with one attached hydrogen (secondary N) is 5. The molecule has 0 spiro atoms. The lowest BCUT2D eigenvalue weighted by Crippen LogP contribution is -2.41. The summed E-state index contributed by atoms with van der Waals surface area (Å²) in [5.74, 6) is -2.56. The number of aromatic nitrogens is 1. The average Bonchev–Trinajstić information content (AvgIpc) is 3.30. The number of aryl methyl sites for hydroxylation is 1. The SMILES string of the molecule is C=C(CNC(=O)CS)NCC(=O)NCC(=O)NCCCCS(=O)(=O)NC(=O)Cc1c(C)n(C(=O)c2ccc(Cl)cc2)c2ccc(C)cc12. The monoisotopic (exact) mass is 718 g/mol. The molecule has 16 heteroatoms. The zero-order valence-electron chi connectivity index (χ0n) is 26.7. The molecule has 0 atom stereocenters. The Kier molecular flexibility index (Phi) is 14.1. The third kappa shape index (κ3) is 11.4. The number of nitrogens with zero attached hydrogens (tertiary/aromatic N) is 1. The lowest BCUT2D eigenvalue weighted by atomic mass is 10.1. The van der Waals surface area contributed by atoms with Crippen molar-refractivity contribution in [3.8, 4) is 0 Å². The number of rotatable bonds is 17.